The van der Waals surface area contributed by atoms with Crippen molar-refractivity contribution in [2.24, 2.45) is 0 Å². The molecule has 0 spiro atoms. The lowest BCUT2D eigenvalue weighted by Crippen LogP contribution is -3.05. The second-order valence-electron chi connectivity index (χ2n) is 6.50. The molecule has 0 bridgehead atoms. The average molecular weight is 361 g/mol. The van der Waals surface area contributed by atoms with Gasteiger partial charge in [0.1, 0.15) is 5.82 Å². The van der Waals surface area contributed by atoms with E-state index < -0.39 is 0 Å². The molecule has 0 aliphatic rings. The monoisotopic (exact) mass is 360 g/mol. The summed E-state index contributed by atoms with van der Waals surface area (Å²) in [7, 11) is 4.32. The molecule has 2 rings (SSSR count). The summed E-state index contributed by atoms with van der Waals surface area (Å²) >= 11 is 5.61. The summed E-state index contributed by atoms with van der Waals surface area (Å²) in [5.41, 5.74) is 2.26. The molecule has 0 aliphatic heterocycles. The second kappa shape index (κ2) is 10.1. The summed E-state index contributed by atoms with van der Waals surface area (Å²) in [6.45, 7) is 3.41. The van der Waals surface area contributed by atoms with Crippen LogP contribution in [0.25, 0.3) is 0 Å². The van der Waals surface area contributed by atoms with Crippen LogP contribution >= 0.6 is 12.2 Å². The lowest BCUT2D eigenvalue weighted by Gasteiger charge is -2.26. The van der Waals surface area contributed by atoms with Crippen LogP contribution in [-0.2, 0) is 13.1 Å². The Morgan fingerprint density at radius 2 is 1.72 bits per heavy atom. The normalized spacial score (nSPS) is 10.7. The molecule has 0 aliphatic carbocycles. The van der Waals surface area contributed by atoms with E-state index in [0.29, 0.717) is 6.54 Å². The fraction of sp³-hybridized carbons (Fsp3) is 0.350. The summed E-state index contributed by atoms with van der Waals surface area (Å²) in [5, 5.41) is 4.04. The highest BCUT2D eigenvalue weighted by Crippen LogP contribution is 2.07. The van der Waals surface area contributed by atoms with Gasteiger partial charge < -0.3 is 15.1 Å². The number of benzene rings is 2. The summed E-state index contributed by atoms with van der Waals surface area (Å²) in [4.78, 5) is 3.64. The van der Waals surface area contributed by atoms with Gasteiger partial charge in [-0.3, -0.25) is 0 Å². The smallest absolute Gasteiger partial charge is 0.169 e. The van der Waals surface area contributed by atoms with Gasteiger partial charge in [0.15, 0.2) is 5.11 Å². The van der Waals surface area contributed by atoms with Crippen molar-refractivity contribution in [1.29, 1.82) is 0 Å². The van der Waals surface area contributed by atoms with E-state index in [1.54, 1.807) is 12.1 Å². The number of quaternary nitrogens is 1. The van der Waals surface area contributed by atoms with E-state index >= 15 is 0 Å². The highest BCUT2D eigenvalue weighted by atomic mass is 32.1. The molecule has 0 radical (unpaired) electrons. The Labute approximate surface area is 155 Å². The average Bonchev–Trinajstić information content (AvgIpc) is 2.61. The zero-order valence-electron chi connectivity index (χ0n) is 15.0. The minimum Gasteiger partial charge on any atom is -0.358 e. The van der Waals surface area contributed by atoms with Crippen LogP contribution in [0.15, 0.2) is 54.6 Å². The molecule has 0 saturated carbocycles. The number of hydrogen-bond acceptors (Lipinski definition) is 1. The molecular weight excluding hydrogens is 333 g/mol. The zero-order chi connectivity index (χ0) is 18.1. The summed E-state index contributed by atoms with van der Waals surface area (Å²) in [6.07, 6.45) is 1.08. The predicted molar refractivity (Wildman–Crippen MR) is 105 cm³/mol. The number of rotatable bonds is 8. The lowest BCUT2D eigenvalue weighted by atomic mass is 10.2. The molecule has 2 aromatic rings. The Morgan fingerprint density at radius 1 is 1.04 bits per heavy atom. The molecule has 2 aromatic carbocycles. The Morgan fingerprint density at radius 3 is 2.36 bits per heavy atom. The Hall–Kier alpha value is -1.98. The third-order valence-corrected chi connectivity index (χ3v) is 4.37. The molecule has 0 unspecified atom stereocenters. The van der Waals surface area contributed by atoms with Crippen molar-refractivity contribution >= 4 is 17.3 Å². The molecule has 25 heavy (non-hydrogen) atoms. The molecule has 5 heteroatoms. The molecule has 2 N–H and O–H groups in total. The Bertz CT molecular complexity index is 644. The van der Waals surface area contributed by atoms with Crippen molar-refractivity contribution in [3.63, 3.8) is 0 Å². The maximum Gasteiger partial charge on any atom is 0.169 e. The summed E-state index contributed by atoms with van der Waals surface area (Å²) < 4.78 is 13.0. The number of hydrogen-bond donors (Lipinski definition) is 2. The maximum atomic E-state index is 13.0. The molecule has 0 aromatic heterocycles. The number of halogens is 1. The largest absolute Gasteiger partial charge is 0.358 e. The minimum absolute atomic E-state index is 0.219. The van der Waals surface area contributed by atoms with E-state index in [9.17, 15) is 4.39 Å². The molecule has 134 valence electrons. The van der Waals surface area contributed by atoms with Gasteiger partial charge in [0, 0.05) is 26.1 Å². The third kappa shape index (κ3) is 7.20. The predicted octanol–water partition coefficient (Wildman–Crippen LogP) is 2.24. The third-order valence-electron chi connectivity index (χ3n) is 3.97. The van der Waals surface area contributed by atoms with Crippen molar-refractivity contribution in [2.75, 3.05) is 27.2 Å². The quantitative estimate of drug-likeness (QED) is 0.705. The summed E-state index contributed by atoms with van der Waals surface area (Å²) in [6, 6.07) is 16.9. The van der Waals surface area contributed by atoms with Gasteiger partial charge in [0.25, 0.3) is 0 Å². The first-order valence-corrected chi connectivity index (χ1v) is 9.05. The van der Waals surface area contributed by atoms with E-state index in [2.05, 4.69) is 36.4 Å². The van der Waals surface area contributed by atoms with Crippen LogP contribution in [0.4, 0.5) is 4.39 Å². The molecule has 0 atom stereocenters. The molecule has 0 amide bonds. The van der Waals surface area contributed by atoms with Crippen molar-refractivity contribution in [3.8, 4) is 0 Å². The molecule has 0 fully saturated rings. The van der Waals surface area contributed by atoms with Gasteiger partial charge in [-0.1, -0.05) is 42.5 Å². The highest BCUT2D eigenvalue weighted by molar-refractivity contribution is 7.80. The molecular formula is C20H27FN3S+. The van der Waals surface area contributed by atoms with E-state index in [-0.39, 0.29) is 5.82 Å². The number of nitrogens with zero attached hydrogens (tertiary/aromatic N) is 1. The van der Waals surface area contributed by atoms with Crippen LogP contribution in [-0.4, -0.2) is 37.2 Å². The fourth-order valence-electron chi connectivity index (χ4n) is 2.57. The van der Waals surface area contributed by atoms with Crippen LogP contribution in [0.3, 0.4) is 0 Å². The fourth-order valence-corrected chi connectivity index (χ4v) is 2.80. The first-order valence-electron chi connectivity index (χ1n) is 8.65. The van der Waals surface area contributed by atoms with Crippen molar-refractivity contribution in [2.45, 2.75) is 19.5 Å². The second-order valence-corrected chi connectivity index (χ2v) is 6.89. The first-order chi connectivity index (χ1) is 12.0. The Kier molecular flexibility index (Phi) is 7.82. The standard InChI is InChI=1S/C20H26FN3S/c1-23(2)13-6-14-24(16-18-7-4-3-5-8-18)20(25)22-15-17-9-11-19(21)12-10-17/h3-5,7-12H,6,13-16H2,1-2H3,(H,22,25)/p+1. The van der Waals surface area contributed by atoms with Crippen molar-refractivity contribution < 1.29 is 9.29 Å². The van der Waals surface area contributed by atoms with Gasteiger partial charge in [-0.15, -0.1) is 0 Å². The molecule has 0 saturated heterocycles. The van der Waals surface area contributed by atoms with Gasteiger partial charge in [-0.2, -0.15) is 0 Å². The topological polar surface area (TPSA) is 19.7 Å². The van der Waals surface area contributed by atoms with Gasteiger partial charge in [0.2, 0.25) is 0 Å². The van der Waals surface area contributed by atoms with Crippen LogP contribution in [0.2, 0.25) is 0 Å². The summed E-state index contributed by atoms with van der Waals surface area (Å²) in [5.74, 6) is -0.219. The number of thiocarbonyl (C=S) groups is 1. The van der Waals surface area contributed by atoms with Crippen LogP contribution in [0, 0.1) is 5.82 Å². The van der Waals surface area contributed by atoms with E-state index in [1.165, 1.54) is 22.6 Å². The SMILES string of the molecule is C[NH+](C)CCCN(Cc1ccccc1)C(=S)NCc1ccc(F)cc1. The van der Waals surface area contributed by atoms with Crippen molar-refractivity contribution in [3.05, 3.63) is 71.5 Å². The Balaban J connectivity index is 1.94. The first kappa shape index (κ1) is 19.3. The van der Waals surface area contributed by atoms with Crippen LogP contribution < -0.4 is 10.2 Å². The molecule has 3 nitrogen and oxygen atoms in total. The van der Waals surface area contributed by atoms with E-state index in [4.69, 9.17) is 12.2 Å². The van der Waals surface area contributed by atoms with E-state index in [0.717, 1.165) is 36.7 Å². The number of nitrogens with one attached hydrogen (secondary N) is 2. The van der Waals surface area contributed by atoms with Gasteiger partial charge in [-0.05, 0) is 35.5 Å². The van der Waals surface area contributed by atoms with Gasteiger partial charge in [0.05, 0.1) is 20.6 Å². The van der Waals surface area contributed by atoms with E-state index in [1.807, 2.05) is 18.2 Å². The minimum atomic E-state index is -0.219. The highest BCUT2D eigenvalue weighted by Gasteiger charge is 2.11. The molecule has 0 heterocycles. The lowest BCUT2D eigenvalue weighted by molar-refractivity contribution is -0.858. The zero-order valence-corrected chi connectivity index (χ0v) is 15.8. The maximum absolute atomic E-state index is 13.0. The van der Waals surface area contributed by atoms with Gasteiger partial charge in [-0.25, -0.2) is 4.39 Å². The van der Waals surface area contributed by atoms with Crippen LogP contribution in [0.5, 0.6) is 0 Å². The van der Waals surface area contributed by atoms with Crippen molar-refractivity contribution in [1.82, 2.24) is 10.2 Å². The van der Waals surface area contributed by atoms with Gasteiger partial charge >= 0.3 is 0 Å². The van der Waals surface area contributed by atoms with Crippen LogP contribution in [0.1, 0.15) is 17.5 Å².